The van der Waals surface area contributed by atoms with E-state index in [0.29, 0.717) is 24.5 Å². The van der Waals surface area contributed by atoms with E-state index in [2.05, 4.69) is 16.0 Å². The largest absolute Gasteiger partial charge is 0.334 e. The molecule has 0 spiro atoms. The van der Waals surface area contributed by atoms with Crippen LogP contribution in [0.2, 0.25) is 0 Å². The molecule has 0 radical (unpaired) electrons. The maximum absolute atomic E-state index is 12.9. The molecule has 1 heterocycles. The maximum atomic E-state index is 12.9. The Morgan fingerprint density at radius 1 is 0.941 bits per heavy atom. The molecular formula is C27H28N4O3. The summed E-state index contributed by atoms with van der Waals surface area (Å²) in [4.78, 5) is 39.5. The summed E-state index contributed by atoms with van der Waals surface area (Å²) in [7, 11) is 0. The highest BCUT2D eigenvalue weighted by Gasteiger charge is 2.35. The van der Waals surface area contributed by atoms with Crippen LogP contribution in [0, 0.1) is 5.92 Å². The summed E-state index contributed by atoms with van der Waals surface area (Å²) in [6, 6.07) is 24.1. The van der Waals surface area contributed by atoms with Gasteiger partial charge in [0, 0.05) is 36.6 Å². The van der Waals surface area contributed by atoms with Crippen LogP contribution in [0.25, 0.3) is 0 Å². The smallest absolute Gasteiger partial charge is 0.319 e. The van der Waals surface area contributed by atoms with E-state index >= 15 is 0 Å². The van der Waals surface area contributed by atoms with Crippen LogP contribution in [0.15, 0.2) is 78.9 Å². The standard InChI is InChI=1S/C27H28N4O3/c1-2-20-11-6-7-14-24(20)30-26(33)21-15-25(32)31(18-21)23-13-8-12-22(16-23)29-27(34)28-17-19-9-4-3-5-10-19/h3-14,16,21H,2,15,17-18H2,1H3,(H,30,33)(H2,28,29,34). The van der Waals surface area contributed by atoms with E-state index in [9.17, 15) is 14.4 Å². The van der Waals surface area contributed by atoms with Crippen LogP contribution in [0.5, 0.6) is 0 Å². The number of hydrogen-bond donors (Lipinski definition) is 3. The van der Waals surface area contributed by atoms with Crippen molar-refractivity contribution in [3.8, 4) is 0 Å². The Hall–Kier alpha value is -4.13. The molecule has 1 fully saturated rings. The second-order valence-electron chi connectivity index (χ2n) is 8.25. The lowest BCUT2D eigenvalue weighted by Crippen LogP contribution is -2.29. The van der Waals surface area contributed by atoms with Crippen molar-refractivity contribution in [3.63, 3.8) is 0 Å². The Labute approximate surface area is 199 Å². The fourth-order valence-corrected chi connectivity index (χ4v) is 4.02. The summed E-state index contributed by atoms with van der Waals surface area (Å²) in [6.07, 6.45) is 0.959. The van der Waals surface area contributed by atoms with E-state index in [1.807, 2.05) is 61.5 Å². The van der Waals surface area contributed by atoms with Crippen molar-refractivity contribution in [2.45, 2.75) is 26.3 Å². The van der Waals surface area contributed by atoms with Crippen LogP contribution in [0.4, 0.5) is 21.9 Å². The molecule has 1 aliphatic rings. The molecule has 0 aromatic heterocycles. The lowest BCUT2D eigenvalue weighted by molar-refractivity contribution is -0.122. The number of carbonyl (C=O) groups excluding carboxylic acids is 3. The number of nitrogens with zero attached hydrogens (tertiary/aromatic N) is 1. The molecule has 1 atom stereocenters. The maximum Gasteiger partial charge on any atom is 0.319 e. The fraction of sp³-hybridized carbons (Fsp3) is 0.222. The highest BCUT2D eigenvalue weighted by atomic mass is 16.2. The van der Waals surface area contributed by atoms with Gasteiger partial charge in [0.25, 0.3) is 0 Å². The Bertz CT molecular complexity index is 1180. The van der Waals surface area contributed by atoms with Gasteiger partial charge in [-0.1, -0.05) is 61.5 Å². The first kappa shape index (κ1) is 23.0. The molecule has 3 N–H and O–H groups in total. The predicted octanol–water partition coefficient (Wildman–Crippen LogP) is 4.56. The summed E-state index contributed by atoms with van der Waals surface area (Å²) in [5.74, 6) is -0.718. The summed E-state index contributed by atoms with van der Waals surface area (Å²) >= 11 is 0. The number of nitrogens with one attached hydrogen (secondary N) is 3. The molecule has 4 rings (SSSR count). The second kappa shape index (κ2) is 10.7. The first-order chi connectivity index (χ1) is 16.5. The van der Waals surface area contributed by atoms with Crippen molar-refractivity contribution in [2.24, 2.45) is 5.92 Å². The highest BCUT2D eigenvalue weighted by Crippen LogP contribution is 2.28. The van der Waals surface area contributed by atoms with E-state index in [4.69, 9.17) is 0 Å². The van der Waals surface area contributed by atoms with Crippen molar-refractivity contribution < 1.29 is 14.4 Å². The molecule has 3 aromatic rings. The molecule has 7 nitrogen and oxygen atoms in total. The molecule has 174 valence electrons. The number of urea groups is 1. The SMILES string of the molecule is CCc1ccccc1NC(=O)C1CC(=O)N(c2cccc(NC(=O)NCc3ccccc3)c2)C1. The number of rotatable bonds is 7. The van der Waals surface area contributed by atoms with Crippen LogP contribution >= 0.6 is 0 Å². The van der Waals surface area contributed by atoms with Crippen molar-refractivity contribution >= 4 is 34.9 Å². The summed E-state index contributed by atoms with van der Waals surface area (Å²) in [5, 5.41) is 8.60. The van der Waals surface area contributed by atoms with Gasteiger partial charge in [0.05, 0.1) is 5.92 Å². The minimum atomic E-state index is -0.441. The lowest BCUT2D eigenvalue weighted by atomic mass is 10.1. The van der Waals surface area contributed by atoms with Crippen LogP contribution < -0.4 is 20.9 Å². The van der Waals surface area contributed by atoms with Gasteiger partial charge in [-0.15, -0.1) is 0 Å². The summed E-state index contributed by atoms with van der Waals surface area (Å²) in [6.45, 7) is 2.74. The molecule has 34 heavy (non-hydrogen) atoms. The second-order valence-corrected chi connectivity index (χ2v) is 8.25. The number of para-hydroxylation sites is 1. The van der Waals surface area contributed by atoms with E-state index < -0.39 is 5.92 Å². The van der Waals surface area contributed by atoms with Crippen molar-refractivity contribution in [3.05, 3.63) is 90.0 Å². The van der Waals surface area contributed by atoms with Crippen molar-refractivity contribution in [2.75, 3.05) is 22.1 Å². The van der Waals surface area contributed by atoms with E-state index in [1.54, 1.807) is 29.2 Å². The number of anilines is 3. The molecule has 0 aliphatic carbocycles. The van der Waals surface area contributed by atoms with Crippen LogP contribution in [0.3, 0.4) is 0 Å². The third-order valence-electron chi connectivity index (χ3n) is 5.86. The molecular weight excluding hydrogens is 428 g/mol. The van der Waals surface area contributed by atoms with E-state index in [-0.39, 0.29) is 24.3 Å². The Morgan fingerprint density at radius 3 is 2.50 bits per heavy atom. The van der Waals surface area contributed by atoms with Gasteiger partial charge >= 0.3 is 6.03 Å². The van der Waals surface area contributed by atoms with Gasteiger partial charge in [0.15, 0.2) is 0 Å². The fourth-order valence-electron chi connectivity index (χ4n) is 4.02. The lowest BCUT2D eigenvalue weighted by Gasteiger charge is -2.18. The van der Waals surface area contributed by atoms with E-state index in [1.165, 1.54) is 0 Å². The Kier molecular flexibility index (Phi) is 7.22. The Balaban J connectivity index is 1.36. The Morgan fingerprint density at radius 2 is 1.71 bits per heavy atom. The molecule has 1 aliphatic heterocycles. The highest BCUT2D eigenvalue weighted by molar-refractivity contribution is 6.04. The molecule has 0 saturated carbocycles. The third-order valence-corrected chi connectivity index (χ3v) is 5.86. The average Bonchev–Trinajstić information content (AvgIpc) is 3.26. The first-order valence-corrected chi connectivity index (χ1v) is 11.4. The number of hydrogen-bond acceptors (Lipinski definition) is 3. The first-order valence-electron chi connectivity index (χ1n) is 11.4. The number of aryl methyl sites for hydroxylation is 1. The number of benzene rings is 3. The third kappa shape index (κ3) is 5.61. The zero-order valence-corrected chi connectivity index (χ0v) is 19.1. The molecule has 7 heteroatoms. The van der Waals surface area contributed by atoms with Crippen LogP contribution in [0.1, 0.15) is 24.5 Å². The molecule has 4 amide bonds. The van der Waals surface area contributed by atoms with Gasteiger partial charge in [0.2, 0.25) is 11.8 Å². The van der Waals surface area contributed by atoms with Crippen molar-refractivity contribution in [1.29, 1.82) is 0 Å². The van der Waals surface area contributed by atoms with Gasteiger partial charge in [-0.3, -0.25) is 9.59 Å². The van der Waals surface area contributed by atoms with Crippen LogP contribution in [-0.4, -0.2) is 24.4 Å². The minimum Gasteiger partial charge on any atom is -0.334 e. The van der Waals surface area contributed by atoms with Gasteiger partial charge < -0.3 is 20.9 Å². The zero-order valence-electron chi connectivity index (χ0n) is 19.1. The molecule has 0 bridgehead atoms. The molecule has 1 saturated heterocycles. The van der Waals surface area contributed by atoms with E-state index in [0.717, 1.165) is 23.2 Å². The van der Waals surface area contributed by atoms with Gasteiger partial charge in [-0.05, 0) is 41.8 Å². The topological polar surface area (TPSA) is 90.5 Å². The number of amides is 4. The normalized spacial score (nSPS) is 15.1. The quantitative estimate of drug-likeness (QED) is 0.487. The summed E-state index contributed by atoms with van der Waals surface area (Å²) < 4.78 is 0. The predicted molar refractivity (Wildman–Crippen MR) is 134 cm³/mol. The van der Waals surface area contributed by atoms with Crippen LogP contribution in [-0.2, 0) is 22.6 Å². The van der Waals surface area contributed by atoms with Crippen molar-refractivity contribution in [1.82, 2.24) is 5.32 Å². The van der Waals surface area contributed by atoms with Gasteiger partial charge in [-0.25, -0.2) is 4.79 Å². The average molecular weight is 457 g/mol. The van der Waals surface area contributed by atoms with Gasteiger partial charge in [-0.2, -0.15) is 0 Å². The monoisotopic (exact) mass is 456 g/mol. The molecule has 1 unspecified atom stereocenters. The summed E-state index contributed by atoms with van der Waals surface area (Å²) in [5.41, 5.74) is 4.06. The number of carbonyl (C=O) groups is 3. The zero-order chi connectivity index (χ0) is 23.9. The minimum absolute atomic E-state index is 0.116. The van der Waals surface area contributed by atoms with Gasteiger partial charge in [0.1, 0.15) is 0 Å². The molecule has 3 aromatic carbocycles.